The SMILES string of the molecule is C#CCNC(=O)COC(=O)c1cccc(S(=O)(=O)NCc2ccco2)c1. The molecule has 1 amide bonds. The first kappa shape index (κ1) is 19.2. The number of terminal acetylenes is 1. The lowest BCUT2D eigenvalue weighted by atomic mass is 10.2. The Balaban J connectivity index is 2.01. The van der Waals surface area contributed by atoms with Crippen LogP contribution >= 0.6 is 0 Å². The van der Waals surface area contributed by atoms with Crippen LogP contribution in [0, 0.1) is 12.3 Å². The zero-order chi connectivity index (χ0) is 19.0. The van der Waals surface area contributed by atoms with Gasteiger partial charge in [0.2, 0.25) is 10.0 Å². The molecule has 0 bridgehead atoms. The van der Waals surface area contributed by atoms with Crippen molar-refractivity contribution in [3.63, 3.8) is 0 Å². The van der Waals surface area contributed by atoms with E-state index in [0.29, 0.717) is 5.76 Å². The molecule has 0 spiro atoms. The van der Waals surface area contributed by atoms with Crippen LogP contribution in [0.1, 0.15) is 16.1 Å². The molecule has 0 saturated heterocycles. The zero-order valence-electron chi connectivity index (χ0n) is 13.6. The van der Waals surface area contributed by atoms with Crippen LogP contribution in [0.15, 0.2) is 52.0 Å². The summed E-state index contributed by atoms with van der Waals surface area (Å²) in [5.74, 6) is 1.27. The van der Waals surface area contributed by atoms with Gasteiger partial charge in [-0.25, -0.2) is 17.9 Å². The summed E-state index contributed by atoms with van der Waals surface area (Å²) in [6.45, 7) is -0.529. The highest BCUT2D eigenvalue weighted by atomic mass is 32.2. The Morgan fingerprint density at radius 3 is 2.73 bits per heavy atom. The molecule has 0 fully saturated rings. The largest absolute Gasteiger partial charge is 0.468 e. The van der Waals surface area contributed by atoms with Crippen molar-refractivity contribution in [1.29, 1.82) is 0 Å². The number of hydrogen-bond donors (Lipinski definition) is 2. The third-order valence-electron chi connectivity index (χ3n) is 3.12. The second-order valence-corrected chi connectivity index (χ2v) is 6.76. The van der Waals surface area contributed by atoms with Gasteiger partial charge in [-0.15, -0.1) is 6.42 Å². The van der Waals surface area contributed by atoms with Crippen LogP contribution in [-0.4, -0.2) is 33.4 Å². The number of nitrogens with one attached hydrogen (secondary N) is 2. The van der Waals surface area contributed by atoms with Gasteiger partial charge in [-0.1, -0.05) is 12.0 Å². The molecule has 1 aromatic carbocycles. The van der Waals surface area contributed by atoms with E-state index in [2.05, 4.69) is 16.0 Å². The Morgan fingerprint density at radius 1 is 1.23 bits per heavy atom. The average molecular weight is 376 g/mol. The molecule has 2 N–H and O–H groups in total. The molecule has 0 radical (unpaired) electrons. The lowest BCUT2D eigenvalue weighted by Crippen LogP contribution is -2.29. The van der Waals surface area contributed by atoms with Crippen molar-refractivity contribution in [2.45, 2.75) is 11.4 Å². The Hall–Kier alpha value is -3.09. The third-order valence-corrected chi connectivity index (χ3v) is 4.52. The van der Waals surface area contributed by atoms with Crippen LogP contribution in [0.3, 0.4) is 0 Å². The number of carbonyl (C=O) groups is 2. The minimum Gasteiger partial charge on any atom is -0.468 e. The van der Waals surface area contributed by atoms with E-state index in [1.54, 1.807) is 12.1 Å². The average Bonchev–Trinajstić information content (AvgIpc) is 3.16. The van der Waals surface area contributed by atoms with Gasteiger partial charge >= 0.3 is 5.97 Å². The molecule has 0 aliphatic heterocycles. The highest BCUT2D eigenvalue weighted by Gasteiger charge is 2.17. The Bertz CT molecular complexity index is 913. The van der Waals surface area contributed by atoms with E-state index in [-0.39, 0.29) is 23.5 Å². The number of sulfonamides is 1. The van der Waals surface area contributed by atoms with Gasteiger partial charge in [0.25, 0.3) is 5.91 Å². The summed E-state index contributed by atoms with van der Waals surface area (Å²) in [6, 6.07) is 8.54. The van der Waals surface area contributed by atoms with Crippen LogP contribution in [0.5, 0.6) is 0 Å². The quantitative estimate of drug-likeness (QED) is 0.517. The lowest BCUT2D eigenvalue weighted by Gasteiger charge is -2.08. The maximum absolute atomic E-state index is 12.3. The molecule has 9 heteroatoms. The standard InChI is InChI=1S/C17H16N2O6S/c1-2-8-18-16(20)12-25-17(21)13-5-3-7-15(10-13)26(22,23)19-11-14-6-4-9-24-14/h1,3-7,9-10,19H,8,11-12H2,(H,18,20). The minimum absolute atomic E-state index is 0.00405. The fourth-order valence-corrected chi connectivity index (χ4v) is 2.91. The van der Waals surface area contributed by atoms with Crippen molar-refractivity contribution in [3.05, 3.63) is 54.0 Å². The second kappa shape index (κ2) is 8.84. The van der Waals surface area contributed by atoms with Crippen molar-refractivity contribution in [2.24, 2.45) is 0 Å². The lowest BCUT2D eigenvalue weighted by molar-refractivity contribution is -0.123. The van der Waals surface area contributed by atoms with E-state index in [1.807, 2.05) is 0 Å². The van der Waals surface area contributed by atoms with Gasteiger partial charge in [0.1, 0.15) is 5.76 Å². The number of ether oxygens (including phenoxy) is 1. The van der Waals surface area contributed by atoms with Gasteiger partial charge in [-0.2, -0.15) is 0 Å². The molecule has 1 aromatic heterocycles. The first-order chi connectivity index (χ1) is 12.4. The van der Waals surface area contributed by atoms with Gasteiger partial charge in [-0.3, -0.25) is 4.79 Å². The molecule has 0 atom stereocenters. The molecular weight excluding hydrogens is 360 g/mol. The molecule has 1 heterocycles. The van der Waals surface area contributed by atoms with Gasteiger partial charge in [0.05, 0.1) is 29.8 Å². The van der Waals surface area contributed by atoms with Gasteiger partial charge < -0.3 is 14.5 Å². The summed E-state index contributed by atoms with van der Waals surface area (Å²) in [4.78, 5) is 23.2. The maximum atomic E-state index is 12.3. The molecule has 26 heavy (non-hydrogen) atoms. The molecule has 2 aromatic rings. The van der Waals surface area contributed by atoms with Crippen LogP contribution < -0.4 is 10.0 Å². The van der Waals surface area contributed by atoms with Crippen LogP contribution in [-0.2, 0) is 26.1 Å². The third kappa shape index (κ3) is 5.47. The minimum atomic E-state index is -3.85. The number of furan rings is 1. The van der Waals surface area contributed by atoms with Crippen molar-refractivity contribution in [2.75, 3.05) is 13.2 Å². The first-order valence-electron chi connectivity index (χ1n) is 7.42. The number of carbonyl (C=O) groups excluding carboxylic acids is 2. The number of benzene rings is 1. The summed E-state index contributed by atoms with van der Waals surface area (Å²) in [7, 11) is -3.85. The Morgan fingerprint density at radius 2 is 2.04 bits per heavy atom. The topological polar surface area (TPSA) is 115 Å². The molecule has 2 rings (SSSR count). The normalized spacial score (nSPS) is 10.7. The second-order valence-electron chi connectivity index (χ2n) is 4.99. The van der Waals surface area contributed by atoms with E-state index >= 15 is 0 Å². The number of rotatable bonds is 8. The van der Waals surface area contributed by atoms with Crippen LogP contribution in [0.4, 0.5) is 0 Å². The Kier molecular flexibility index (Phi) is 6.54. The maximum Gasteiger partial charge on any atom is 0.338 e. The molecule has 0 unspecified atom stereocenters. The summed E-state index contributed by atoms with van der Waals surface area (Å²) in [6.07, 6.45) is 6.43. The molecule has 0 aliphatic rings. The predicted molar refractivity (Wildman–Crippen MR) is 91.3 cm³/mol. The van der Waals surface area contributed by atoms with Gasteiger partial charge in [-0.05, 0) is 30.3 Å². The van der Waals surface area contributed by atoms with Crippen molar-refractivity contribution < 1.29 is 27.2 Å². The summed E-state index contributed by atoms with van der Waals surface area (Å²) < 4.78 is 36.8. The van der Waals surface area contributed by atoms with E-state index in [9.17, 15) is 18.0 Å². The Labute approximate surface area is 150 Å². The molecule has 8 nitrogen and oxygen atoms in total. The fourth-order valence-electron chi connectivity index (χ4n) is 1.87. The summed E-state index contributed by atoms with van der Waals surface area (Å²) >= 11 is 0. The predicted octanol–water partition coefficient (Wildman–Crippen LogP) is 0.664. The molecule has 136 valence electrons. The van der Waals surface area contributed by atoms with Crippen molar-refractivity contribution in [1.82, 2.24) is 10.0 Å². The van der Waals surface area contributed by atoms with E-state index in [1.165, 1.54) is 24.5 Å². The number of esters is 1. The van der Waals surface area contributed by atoms with Gasteiger partial charge in [0.15, 0.2) is 6.61 Å². The number of amides is 1. The summed E-state index contributed by atoms with van der Waals surface area (Å²) in [5, 5.41) is 2.34. The first-order valence-corrected chi connectivity index (χ1v) is 8.90. The van der Waals surface area contributed by atoms with Crippen molar-refractivity contribution in [3.8, 4) is 12.3 Å². The van der Waals surface area contributed by atoms with E-state index in [0.717, 1.165) is 6.07 Å². The monoisotopic (exact) mass is 376 g/mol. The smallest absolute Gasteiger partial charge is 0.338 e. The molecular formula is C17H16N2O6S. The summed E-state index contributed by atoms with van der Waals surface area (Å²) in [5.41, 5.74) is -0.00405. The van der Waals surface area contributed by atoms with E-state index < -0.39 is 28.5 Å². The van der Waals surface area contributed by atoms with E-state index in [4.69, 9.17) is 15.6 Å². The van der Waals surface area contributed by atoms with Crippen LogP contribution in [0.25, 0.3) is 0 Å². The fraction of sp³-hybridized carbons (Fsp3) is 0.176. The molecule has 0 saturated carbocycles. The van der Waals surface area contributed by atoms with Crippen LogP contribution in [0.2, 0.25) is 0 Å². The number of hydrogen-bond acceptors (Lipinski definition) is 6. The molecule has 0 aliphatic carbocycles. The highest BCUT2D eigenvalue weighted by molar-refractivity contribution is 7.89. The highest BCUT2D eigenvalue weighted by Crippen LogP contribution is 2.13. The zero-order valence-corrected chi connectivity index (χ0v) is 14.4. The van der Waals surface area contributed by atoms with Gasteiger partial charge in [0, 0.05) is 0 Å². The van der Waals surface area contributed by atoms with Crippen molar-refractivity contribution >= 4 is 21.9 Å².